The van der Waals surface area contributed by atoms with Crippen molar-refractivity contribution in [1.82, 2.24) is 10.6 Å². The van der Waals surface area contributed by atoms with Crippen LogP contribution in [0.5, 0.6) is 5.75 Å². The fraction of sp³-hybridized carbons (Fsp3) is 0.381. The molecule has 0 saturated heterocycles. The van der Waals surface area contributed by atoms with E-state index in [0.717, 1.165) is 12.0 Å². The van der Waals surface area contributed by atoms with Gasteiger partial charge in [-0.2, -0.15) is 0 Å². The second-order valence-corrected chi connectivity index (χ2v) is 7.81. The molecule has 2 rings (SSSR count). The molecular formula is C21H29FIN3O2S. The lowest BCUT2D eigenvalue weighted by atomic mass is 10.2. The van der Waals surface area contributed by atoms with E-state index < -0.39 is 10.8 Å². The summed E-state index contributed by atoms with van der Waals surface area (Å²) in [5.41, 5.74) is 1.07. The standard InChI is InChI=1S/C21H28FN3O2S.HI/c1-3-18(27-20-12-8-7-11-19(20)22)15-25-21(23-2)24-13-14-28(26)16-17-9-5-4-6-10-17;/h4-12,18H,3,13-16H2,1-2H3,(H2,23,24,25);1H. The first kappa shape index (κ1) is 25.4. The van der Waals surface area contributed by atoms with Crippen LogP contribution < -0.4 is 15.4 Å². The highest BCUT2D eigenvalue weighted by molar-refractivity contribution is 14.0. The highest BCUT2D eigenvalue weighted by Crippen LogP contribution is 2.17. The first-order valence-electron chi connectivity index (χ1n) is 9.37. The average molecular weight is 533 g/mol. The molecular weight excluding hydrogens is 504 g/mol. The zero-order chi connectivity index (χ0) is 20.2. The van der Waals surface area contributed by atoms with E-state index in [0.29, 0.717) is 30.6 Å². The van der Waals surface area contributed by atoms with E-state index in [1.807, 2.05) is 37.3 Å². The van der Waals surface area contributed by atoms with Gasteiger partial charge in [0.1, 0.15) is 6.10 Å². The maximum absolute atomic E-state index is 13.7. The quantitative estimate of drug-likeness (QED) is 0.278. The predicted molar refractivity (Wildman–Crippen MR) is 129 cm³/mol. The lowest BCUT2D eigenvalue weighted by Gasteiger charge is -2.20. The number of hydrogen-bond donors (Lipinski definition) is 2. The minimum atomic E-state index is -0.945. The van der Waals surface area contributed by atoms with E-state index in [9.17, 15) is 8.60 Å². The van der Waals surface area contributed by atoms with Crippen molar-refractivity contribution in [2.75, 3.05) is 25.9 Å². The van der Waals surface area contributed by atoms with Crippen LogP contribution in [0.4, 0.5) is 4.39 Å². The van der Waals surface area contributed by atoms with Crippen molar-refractivity contribution in [2.24, 2.45) is 4.99 Å². The van der Waals surface area contributed by atoms with Gasteiger partial charge in [-0.25, -0.2) is 4.39 Å². The third-order valence-corrected chi connectivity index (χ3v) is 5.41. The third-order valence-electron chi connectivity index (χ3n) is 4.10. The van der Waals surface area contributed by atoms with Crippen molar-refractivity contribution in [1.29, 1.82) is 0 Å². The number of aliphatic imine (C=N–C) groups is 1. The topological polar surface area (TPSA) is 62.7 Å². The monoisotopic (exact) mass is 533 g/mol. The van der Waals surface area contributed by atoms with E-state index >= 15 is 0 Å². The van der Waals surface area contributed by atoms with Crippen molar-refractivity contribution in [3.63, 3.8) is 0 Å². The normalized spacial score (nSPS) is 13.1. The average Bonchev–Trinajstić information content (AvgIpc) is 2.71. The van der Waals surface area contributed by atoms with Crippen LogP contribution >= 0.6 is 24.0 Å². The van der Waals surface area contributed by atoms with E-state index in [4.69, 9.17) is 4.74 Å². The lowest BCUT2D eigenvalue weighted by molar-refractivity contribution is 0.191. The van der Waals surface area contributed by atoms with Gasteiger partial charge in [-0.1, -0.05) is 49.4 Å². The van der Waals surface area contributed by atoms with Crippen molar-refractivity contribution in [3.05, 3.63) is 66.0 Å². The largest absolute Gasteiger partial charge is 0.486 e. The van der Waals surface area contributed by atoms with Gasteiger partial charge in [0.05, 0.1) is 6.54 Å². The molecule has 0 bridgehead atoms. The summed E-state index contributed by atoms with van der Waals surface area (Å²) >= 11 is 0. The van der Waals surface area contributed by atoms with Crippen molar-refractivity contribution in [2.45, 2.75) is 25.2 Å². The first-order chi connectivity index (χ1) is 13.6. The van der Waals surface area contributed by atoms with Gasteiger partial charge in [0.15, 0.2) is 17.5 Å². The number of guanidine groups is 1. The van der Waals surface area contributed by atoms with Crippen LogP contribution in [-0.4, -0.2) is 42.2 Å². The van der Waals surface area contributed by atoms with Gasteiger partial charge < -0.3 is 15.4 Å². The molecule has 5 nitrogen and oxygen atoms in total. The number of nitrogens with one attached hydrogen (secondary N) is 2. The Morgan fingerprint density at radius 2 is 1.83 bits per heavy atom. The molecule has 0 aliphatic carbocycles. The highest BCUT2D eigenvalue weighted by Gasteiger charge is 2.12. The van der Waals surface area contributed by atoms with Crippen LogP contribution in [-0.2, 0) is 16.6 Å². The fourth-order valence-electron chi connectivity index (χ4n) is 2.54. The van der Waals surface area contributed by atoms with Crippen LogP contribution in [0.2, 0.25) is 0 Å². The van der Waals surface area contributed by atoms with E-state index in [1.165, 1.54) is 6.07 Å². The molecule has 160 valence electrons. The molecule has 0 heterocycles. The van der Waals surface area contributed by atoms with Gasteiger partial charge in [-0.05, 0) is 24.1 Å². The predicted octanol–water partition coefficient (Wildman–Crippen LogP) is 3.72. The molecule has 0 aliphatic rings. The number of para-hydroxylation sites is 1. The summed E-state index contributed by atoms with van der Waals surface area (Å²) in [6, 6.07) is 16.2. The van der Waals surface area contributed by atoms with Gasteiger partial charge >= 0.3 is 0 Å². The number of benzene rings is 2. The third kappa shape index (κ3) is 9.58. The lowest BCUT2D eigenvalue weighted by Crippen LogP contribution is -2.43. The van der Waals surface area contributed by atoms with Gasteiger partial charge in [0.25, 0.3) is 0 Å². The molecule has 8 heteroatoms. The minimum Gasteiger partial charge on any atom is -0.486 e. The minimum absolute atomic E-state index is 0. The van der Waals surface area contributed by atoms with Crippen molar-refractivity contribution in [3.8, 4) is 5.75 Å². The SMILES string of the molecule is CCC(CNC(=NC)NCCS(=O)Cc1ccccc1)Oc1ccccc1F.I. The Kier molecular flexibility index (Phi) is 12.5. The van der Waals surface area contributed by atoms with Gasteiger partial charge in [-0.15, -0.1) is 24.0 Å². The number of rotatable bonds is 10. The van der Waals surface area contributed by atoms with Gasteiger partial charge in [0.2, 0.25) is 0 Å². The number of nitrogens with zero attached hydrogens (tertiary/aromatic N) is 1. The Balaban J connectivity index is 0.00000420. The molecule has 2 unspecified atom stereocenters. The molecule has 0 aromatic heterocycles. The highest BCUT2D eigenvalue weighted by atomic mass is 127. The van der Waals surface area contributed by atoms with Crippen LogP contribution in [0.3, 0.4) is 0 Å². The smallest absolute Gasteiger partial charge is 0.191 e. The Morgan fingerprint density at radius 1 is 1.14 bits per heavy atom. The van der Waals surface area contributed by atoms with Crippen LogP contribution in [0.1, 0.15) is 18.9 Å². The molecule has 2 aromatic carbocycles. The maximum Gasteiger partial charge on any atom is 0.191 e. The maximum atomic E-state index is 13.7. The van der Waals surface area contributed by atoms with Crippen LogP contribution in [0.25, 0.3) is 0 Å². The second-order valence-electron chi connectivity index (χ2n) is 6.23. The molecule has 0 saturated carbocycles. The fourth-order valence-corrected chi connectivity index (χ4v) is 3.57. The molecule has 2 aromatic rings. The first-order valence-corrected chi connectivity index (χ1v) is 10.9. The van der Waals surface area contributed by atoms with Gasteiger partial charge in [-0.3, -0.25) is 9.20 Å². The molecule has 2 atom stereocenters. The Morgan fingerprint density at radius 3 is 2.48 bits per heavy atom. The number of ether oxygens (including phenoxy) is 1. The zero-order valence-corrected chi connectivity index (χ0v) is 19.9. The van der Waals surface area contributed by atoms with Crippen LogP contribution in [0, 0.1) is 5.82 Å². The van der Waals surface area contributed by atoms with Gasteiger partial charge in [0, 0.05) is 35.9 Å². The summed E-state index contributed by atoms with van der Waals surface area (Å²) in [6.07, 6.45) is 0.530. The molecule has 0 amide bonds. The summed E-state index contributed by atoms with van der Waals surface area (Å²) < 4.78 is 31.7. The molecule has 29 heavy (non-hydrogen) atoms. The van der Waals surface area contributed by atoms with E-state index in [1.54, 1.807) is 25.2 Å². The summed E-state index contributed by atoms with van der Waals surface area (Å²) in [6.45, 7) is 3.01. The Hall–Kier alpha value is -1.68. The van der Waals surface area contributed by atoms with Crippen molar-refractivity contribution < 1.29 is 13.3 Å². The molecule has 0 fully saturated rings. The summed E-state index contributed by atoms with van der Waals surface area (Å²) in [7, 11) is 0.731. The second kappa shape index (κ2) is 14.3. The summed E-state index contributed by atoms with van der Waals surface area (Å²) in [5.74, 6) is 1.55. The molecule has 2 N–H and O–H groups in total. The van der Waals surface area contributed by atoms with E-state index in [2.05, 4.69) is 15.6 Å². The van der Waals surface area contributed by atoms with E-state index in [-0.39, 0.29) is 41.6 Å². The zero-order valence-electron chi connectivity index (χ0n) is 16.8. The summed E-state index contributed by atoms with van der Waals surface area (Å²) in [5, 5.41) is 6.33. The summed E-state index contributed by atoms with van der Waals surface area (Å²) in [4.78, 5) is 4.17. The molecule has 0 spiro atoms. The number of halogens is 2. The van der Waals surface area contributed by atoms with Crippen molar-refractivity contribution >= 4 is 40.7 Å². The van der Waals surface area contributed by atoms with Crippen LogP contribution in [0.15, 0.2) is 59.6 Å². The number of hydrogen-bond acceptors (Lipinski definition) is 3. The molecule has 0 radical (unpaired) electrons. The Bertz CT molecular complexity index is 778. The molecule has 0 aliphatic heterocycles. The Labute approximate surface area is 192 Å².